The number of benzene rings is 2. The summed E-state index contributed by atoms with van der Waals surface area (Å²) in [6.45, 7) is 2.23. The van der Waals surface area contributed by atoms with Gasteiger partial charge in [-0.05, 0) is 30.2 Å². The van der Waals surface area contributed by atoms with Crippen LogP contribution in [0.15, 0.2) is 59.2 Å². The van der Waals surface area contributed by atoms with Crippen molar-refractivity contribution < 1.29 is 18.0 Å². The first-order valence-corrected chi connectivity index (χ1v) is 10.5. The molecule has 3 aromatic rings. The van der Waals surface area contributed by atoms with Crippen molar-refractivity contribution in [1.82, 2.24) is 15.1 Å². The van der Waals surface area contributed by atoms with Gasteiger partial charge in [0, 0.05) is 17.4 Å². The molecule has 0 radical (unpaired) electrons. The van der Waals surface area contributed by atoms with Crippen molar-refractivity contribution >= 4 is 27.7 Å². The summed E-state index contributed by atoms with van der Waals surface area (Å²) in [5, 5.41) is 9.76. The zero-order valence-corrected chi connectivity index (χ0v) is 18.2. The van der Waals surface area contributed by atoms with Crippen molar-refractivity contribution in [3.05, 3.63) is 81.5 Å². The van der Waals surface area contributed by atoms with Crippen molar-refractivity contribution in [2.45, 2.75) is 38.1 Å². The van der Waals surface area contributed by atoms with Gasteiger partial charge in [-0.1, -0.05) is 57.9 Å². The molecular weight excluding hydrogens is 473 g/mol. The van der Waals surface area contributed by atoms with Gasteiger partial charge in [0.2, 0.25) is 0 Å². The molecule has 31 heavy (non-hydrogen) atoms. The van der Waals surface area contributed by atoms with Gasteiger partial charge in [0.05, 0.1) is 12.2 Å². The van der Waals surface area contributed by atoms with E-state index in [1.807, 2.05) is 31.2 Å². The summed E-state index contributed by atoms with van der Waals surface area (Å²) in [4.78, 5) is 12.8. The van der Waals surface area contributed by atoms with E-state index in [-0.39, 0.29) is 24.3 Å². The topological polar surface area (TPSA) is 59.0 Å². The maximum absolute atomic E-state index is 13.8. The Morgan fingerprint density at radius 2 is 1.87 bits per heavy atom. The van der Waals surface area contributed by atoms with E-state index in [0.29, 0.717) is 5.56 Å². The molecule has 2 heterocycles. The Labute approximate surface area is 185 Å². The van der Waals surface area contributed by atoms with Crippen LogP contribution in [0.1, 0.15) is 45.6 Å². The number of halogens is 4. The Morgan fingerprint density at radius 1 is 1.19 bits per heavy atom. The second-order valence-electron chi connectivity index (χ2n) is 7.56. The normalized spacial score (nSPS) is 18.2. The highest BCUT2D eigenvalue weighted by molar-refractivity contribution is 9.10. The lowest BCUT2D eigenvalue weighted by atomic mass is 9.96. The summed E-state index contributed by atoms with van der Waals surface area (Å²) in [6, 6.07) is 12.3. The molecule has 0 saturated carbocycles. The van der Waals surface area contributed by atoms with Crippen molar-refractivity contribution in [3.8, 4) is 0 Å². The molecule has 2 aromatic carbocycles. The Morgan fingerprint density at radius 3 is 2.52 bits per heavy atom. The number of anilines is 1. The van der Waals surface area contributed by atoms with E-state index in [4.69, 9.17) is 0 Å². The van der Waals surface area contributed by atoms with Crippen LogP contribution in [-0.2, 0) is 6.54 Å². The first kappa shape index (κ1) is 21.4. The number of hydrogen-bond donors (Lipinski definition) is 2. The van der Waals surface area contributed by atoms with E-state index < -0.39 is 24.2 Å². The number of hydrogen-bond acceptors (Lipinski definition) is 3. The van der Waals surface area contributed by atoms with Crippen LogP contribution in [-0.4, -0.2) is 21.9 Å². The Balaban J connectivity index is 1.60. The molecule has 0 spiro atoms. The molecule has 2 N–H and O–H groups in total. The Kier molecular flexibility index (Phi) is 5.79. The third-order valence-corrected chi connectivity index (χ3v) is 5.86. The highest BCUT2D eigenvalue weighted by atomic mass is 79.9. The predicted octanol–water partition coefficient (Wildman–Crippen LogP) is 5.54. The number of aromatic nitrogens is 2. The van der Waals surface area contributed by atoms with Gasteiger partial charge in [-0.3, -0.25) is 4.79 Å². The molecule has 1 aliphatic rings. The van der Waals surface area contributed by atoms with Crippen molar-refractivity contribution in [2.24, 2.45) is 0 Å². The fourth-order valence-electron chi connectivity index (χ4n) is 3.63. The van der Waals surface area contributed by atoms with E-state index in [1.54, 1.807) is 24.3 Å². The first-order chi connectivity index (χ1) is 14.7. The molecule has 1 aliphatic heterocycles. The van der Waals surface area contributed by atoms with Crippen molar-refractivity contribution in [2.75, 3.05) is 5.32 Å². The minimum absolute atomic E-state index is 0.0721. The van der Waals surface area contributed by atoms with Gasteiger partial charge in [0.15, 0.2) is 6.04 Å². The van der Waals surface area contributed by atoms with Crippen LogP contribution in [0.25, 0.3) is 0 Å². The van der Waals surface area contributed by atoms with Crippen LogP contribution in [0.5, 0.6) is 0 Å². The van der Waals surface area contributed by atoms with Gasteiger partial charge in [-0.2, -0.15) is 18.3 Å². The maximum Gasteiger partial charge on any atom is 0.410 e. The number of alkyl halides is 3. The lowest BCUT2D eigenvalue weighted by Crippen LogP contribution is -2.36. The van der Waals surface area contributed by atoms with E-state index in [1.165, 1.54) is 6.20 Å². The maximum atomic E-state index is 13.8. The monoisotopic (exact) mass is 492 g/mol. The molecule has 9 heteroatoms. The van der Waals surface area contributed by atoms with Crippen LogP contribution < -0.4 is 10.6 Å². The van der Waals surface area contributed by atoms with Gasteiger partial charge >= 0.3 is 6.18 Å². The van der Waals surface area contributed by atoms with E-state index >= 15 is 0 Å². The third kappa shape index (κ3) is 4.61. The lowest BCUT2D eigenvalue weighted by Gasteiger charge is -2.34. The third-order valence-electron chi connectivity index (χ3n) is 5.33. The fourth-order valence-corrected chi connectivity index (χ4v) is 3.89. The average molecular weight is 493 g/mol. The highest BCUT2D eigenvalue weighted by Gasteiger charge is 2.47. The minimum Gasteiger partial charge on any atom is -0.363 e. The molecule has 1 aromatic heterocycles. The number of nitrogens with one attached hydrogen (secondary N) is 2. The van der Waals surface area contributed by atoms with Crippen molar-refractivity contribution in [1.29, 1.82) is 0 Å². The average Bonchev–Trinajstić information content (AvgIpc) is 3.16. The van der Waals surface area contributed by atoms with Crippen LogP contribution in [0.2, 0.25) is 0 Å². The van der Waals surface area contributed by atoms with E-state index in [2.05, 4.69) is 31.7 Å². The second kappa shape index (κ2) is 8.37. The molecule has 2 atom stereocenters. The smallest absolute Gasteiger partial charge is 0.363 e. The number of fused-ring (bicyclic) bond motifs is 1. The molecule has 0 saturated heterocycles. The summed E-state index contributed by atoms with van der Waals surface area (Å²) >= 11 is 3.34. The Hall–Kier alpha value is -2.81. The van der Waals surface area contributed by atoms with Gasteiger partial charge in [-0.15, -0.1) is 0 Å². The van der Waals surface area contributed by atoms with Crippen molar-refractivity contribution in [3.63, 3.8) is 0 Å². The van der Waals surface area contributed by atoms with Gasteiger partial charge in [0.25, 0.3) is 5.91 Å². The van der Waals surface area contributed by atoms with Crippen LogP contribution in [0, 0.1) is 6.92 Å². The molecule has 162 valence electrons. The molecule has 4 rings (SSSR count). The van der Waals surface area contributed by atoms with Crippen LogP contribution in [0.3, 0.4) is 0 Å². The molecule has 2 unspecified atom stereocenters. The van der Waals surface area contributed by atoms with Crippen LogP contribution in [0.4, 0.5) is 19.0 Å². The van der Waals surface area contributed by atoms with Gasteiger partial charge < -0.3 is 10.6 Å². The molecule has 0 fully saturated rings. The van der Waals surface area contributed by atoms with Gasteiger partial charge in [-0.25, -0.2) is 4.68 Å². The zero-order chi connectivity index (χ0) is 22.2. The lowest BCUT2D eigenvalue weighted by molar-refractivity contribution is -0.173. The van der Waals surface area contributed by atoms with E-state index in [0.717, 1.165) is 20.3 Å². The number of rotatable bonds is 4. The molecular formula is C22H20BrF3N4O. The predicted molar refractivity (Wildman–Crippen MR) is 115 cm³/mol. The second-order valence-corrected chi connectivity index (χ2v) is 8.48. The fraction of sp³-hybridized carbons (Fsp3) is 0.273. The minimum atomic E-state index is -4.49. The van der Waals surface area contributed by atoms with E-state index in [9.17, 15) is 18.0 Å². The van der Waals surface area contributed by atoms with Gasteiger partial charge in [0.1, 0.15) is 11.4 Å². The SMILES string of the molecule is Cc1ccc(CNC(=O)c2cnn3c2NC(c2ccc(Br)cc2)CC3C(F)(F)F)cc1. The molecule has 0 bridgehead atoms. The largest absolute Gasteiger partial charge is 0.410 e. The standard InChI is InChI=1S/C22H20BrF3N4O/c1-13-2-4-14(5-3-13)11-27-21(31)17-12-28-30-19(22(24,25)26)10-18(29-20(17)30)15-6-8-16(23)9-7-15/h2-9,12,18-19,29H,10-11H2,1H3,(H,27,31). The summed E-state index contributed by atoms with van der Waals surface area (Å²) < 4.78 is 43.1. The number of aryl methyl sites for hydroxylation is 1. The number of carbonyl (C=O) groups excluding carboxylic acids is 1. The molecule has 0 aliphatic carbocycles. The summed E-state index contributed by atoms with van der Waals surface area (Å²) in [7, 11) is 0. The number of amides is 1. The summed E-state index contributed by atoms with van der Waals surface area (Å²) in [5.41, 5.74) is 2.79. The number of carbonyl (C=O) groups is 1. The summed E-state index contributed by atoms with van der Waals surface area (Å²) in [6.07, 6.45) is -3.52. The van der Waals surface area contributed by atoms with Crippen LogP contribution >= 0.6 is 15.9 Å². The summed E-state index contributed by atoms with van der Waals surface area (Å²) in [5.74, 6) is -0.408. The zero-order valence-electron chi connectivity index (χ0n) is 16.6. The molecule has 5 nitrogen and oxygen atoms in total. The molecule has 1 amide bonds. The Bertz CT molecular complexity index is 1080. The highest BCUT2D eigenvalue weighted by Crippen LogP contribution is 2.44. The number of nitrogens with zero attached hydrogens (tertiary/aromatic N) is 2. The quantitative estimate of drug-likeness (QED) is 0.502. The first-order valence-electron chi connectivity index (χ1n) is 9.72.